The number of nitrogens with zero attached hydrogens (tertiary/aromatic N) is 1. The summed E-state index contributed by atoms with van der Waals surface area (Å²) in [6.07, 6.45) is 7.91. The molecule has 0 N–H and O–H groups in total. The van der Waals surface area contributed by atoms with E-state index >= 15 is 0 Å². The third-order valence-corrected chi connectivity index (χ3v) is 3.30. The molecule has 1 heterocycles. The Bertz CT molecular complexity index is 277. The van der Waals surface area contributed by atoms with Gasteiger partial charge in [0.2, 0.25) is 0 Å². The van der Waals surface area contributed by atoms with Crippen LogP contribution in [0.15, 0.2) is 12.2 Å². The number of hydrogen-bond acceptors (Lipinski definition) is 4. The van der Waals surface area contributed by atoms with Gasteiger partial charge < -0.3 is 9.47 Å². The van der Waals surface area contributed by atoms with Crippen molar-refractivity contribution in [2.24, 2.45) is 0 Å². The lowest BCUT2D eigenvalue weighted by atomic mass is 9.99. The number of methoxy groups -OCH3 is 1. The molecule has 0 spiro atoms. The second-order valence-electron chi connectivity index (χ2n) is 4.28. The van der Waals surface area contributed by atoms with Crippen molar-refractivity contribution in [3.8, 4) is 0 Å². The molecule has 0 radical (unpaired) electrons. The highest BCUT2D eigenvalue weighted by Gasteiger charge is 2.34. The van der Waals surface area contributed by atoms with Gasteiger partial charge in [-0.2, -0.15) is 0 Å². The van der Waals surface area contributed by atoms with Crippen LogP contribution in [0.2, 0.25) is 0 Å². The smallest absolute Gasteiger partial charge is 0.325 e. The minimum atomic E-state index is -0.230. The van der Waals surface area contributed by atoms with Gasteiger partial charge >= 0.3 is 5.97 Å². The Morgan fingerprint density at radius 1 is 1.56 bits per heavy atom. The SMILES string of the molecule is COC(=O)C1COCCN1C1C=CCCC1. The van der Waals surface area contributed by atoms with Crippen LogP contribution in [0, 0.1) is 0 Å². The summed E-state index contributed by atoms with van der Waals surface area (Å²) in [5.74, 6) is -0.182. The molecule has 0 amide bonds. The summed E-state index contributed by atoms with van der Waals surface area (Å²) in [4.78, 5) is 13.9. The van der Waals surface area contributed by atoms with Gasteiger partial charge in [0.25, 0.3) is 0 Å². The first kappa shape index (κ1) is 11.6. The largest absolute Gasteiger partial charge is 0.468 e. The van der Waals surface area contributed by atoms with Crippen LogP contribution in [0.25, 0.3) is 0 Å². The summed E-state index contributed by atoms with van der Waals surface area (Å²) in [5.41, 5.74) is 0. The molecule has 1 aliphatic carbocycles. The number of allylic oxidation sites excluding steroid dienone is 1. The fraction of sp³-hybridized carbons (Fsp3) is 0.750. The number of esters is 1. The van der Waals surface area contributed by atoms with Crippen LogP contribution in [-0.2, 0) is 14.3 Å². The van der Waals surface area contributed by atoms with Gasteiger partial charge in [-0.25, -0.2) is 0 Å². The highest BCUT2D eigenvalue weighted by atomic mass is 16.5. The first-order chi connectivity index (χ1) is 7.83. The lowest BCUT2D eigenvalue weighted by molar-refractivity contribution is -0.154. The number of rotatable bonds is 2. The van der Waals surface area contributed by atoms with E-state index in [1.165, 1.54) is 13.5 Å². The van der Waals surface area contributed by atoms with Crippen molar-refractivity contribution in [3.05, 3.63) is 12.2 Å². The van der Waals surface area contributed by atoms with Crippen molar-refractivity contribution in [3.63, 3.8) is 0 Å². The van der Waals surface area contributed by atoms with Crippen LogP contribution in [0.3, 0.4) is 0 Å². The maximum atomic E-state index is 11.7. The van der Waals surface area contributed by atoms with Crippen LogP contribution in [-0.4, -0.2) is 49.8 Å². The average molecular weight is 225 g/mol. The summed E-state index contributed by atoms with van der Waals surface area (Å²) < 4.78 is 10.2. The molecule has 0 aromatic heterocycles. The first-order valence-corrected chi connectivity index (χ1v) is 5.91. The molecule has 4 heteroatoms. The molecule has 2 rings (SSSR count). The molecule has 2 atom stereocenters. The van der Waals surface area contributed by atoms with E-state index in [4.69, 9.17) is 9.47 Å². The Morgan fingerprint density at radius 3 is 3.12 bits per heavy atom. The summed E-state index contributed by atoms with van der Waals surface area (Å²) in [5, 5.41) is 0. The number of hydrogen-bond donors (Lipinski definition) is 0. The quantitative estimate of drug-likeness (QED) is 0.518. The van der Waals surface area contributed by atoms with Gasteiger partial charge in [-0.1, -0.05) is 12.2 Å². The van der Waals surface area contributed by atoms with Gasteiger partial charge in [-0.3, -0.25) is 9.69 Å². The molecule has 0 bridgehead atoms. The monoisotopic (exact) mass is 225 g/mol. The summed E-state index contributed by atoms with van der Waals surface area (Å²) in [6.45, 7) is 1.98. The molecule has 90 valence electrons. The Hall–Kier alpha value is -0.870. The maximum absolute atomic E-state index is 11.7. The second kappa shape index (κ2) is 5.46. The Balaban J connectivity index is 2.06. The molecule has 0 aromatic rings. The van der Waals surface area contributed by atoms with Crippen LogP contribution in [0.5, 0.6) is 0 Å². The van der Waals surface area contributed by atoms with Gasteiger partial charge in [0.1, 0.15) is 6.04 Å². The van der Waals surface area contributed by atoms with E-state index < -0.39 is 0 Å². The molecule has 2 unspecified atom stereocenters. The van der Waals surface area contributed by atoms with Crippen LogP contribution in [0.4, 0.5) is 0 Å². The van der Waals surface area contributed by atoms with Crippen molar-refractivity contribution < 1.29 is 14.3 Å². The predicted octanol–water partition coefficient (Wildman–Crippen LogP) is 0.969. The molecule has 0 saturated carbocycles. The predicted molar refractivity (Wildman–Crippen MR) is 60.1 cm³/mol. The normalized spacial score (nSPS) is 31.3. The maximum Gasteiger partial charge on any atom is 0.325 e. The minimum Gasteiger partial charge on any atom is -0.468 e. The Kier molecular flexibility index (Phi) is 3.96. The van der Waals surface area contributed by atoms with E-state index in [1.807, 2.05) is 0 Å². The van der Waals surface area contributed by atoms with E-state index in [1.54, 1.807) is 0 Å². The van der Waals surface area contributed by atoms with Gasteiger partial charge in [0.05, 0.1) is 20.3 Å². The molecule has 0 aromatic carbocycles. The third-order valence-electron chi connectivity index (χ3n) is 3.30. The standard InChI is InChI=1S/C12H19NO3/c1-15-12(14)11-9-16-8-7-13(11)10-5-3-2-4-6-10/h3,5,10-11H,2,4,6-9H2,1H3. The molecule has 2 aliphatic rings. The van der Waals surface area contributed by atoms with E-state index in [9.17, 15) is 4.79 Å². The average Bonchev–Trinajstić information content (AvgIpc) is 2.39. The molecular formula is C12H19NO3. The molecule has 4 nitrogen and oxygen atoms in total. The molecule has 1 saturated heterocycles. The van der Waals surface area contributed by atoms with E-state index in [0.29, 0.717) is 19.3 Å². The number of carbonyl (C=O) groups excluding carboxylic acids is 1. The molecule has 16 heavy (non-hydrogen) atoms. The summed E-state index contributed by atoms with van der Waals surface area (Å²) in [6, 6.07) is 0.147. The van der Waals surface area contributed by atoms with E-state index in [-0.39, 0.29) is 12.0 Å². The highest BCUT2D eigenvalue weighted by Crippen LogP contribution is 2.21. The van der Waals surface area contributed by atoms with Gasteiger partial charge in [0.15, 0.2) is 0 Å². The summed E-state index contributed by atoms with van der Waals surface area (Å²) >= 11 is 0. The van der Waals surface area contributed by atoms with E-state index in [0.717, 1.165) is 19.4 Å². The Morgan fingerprint density at radius 2 is 2.44 bits per heavy atom. The second-order valence-corrected chi connectivity index (χ2v) is 4.28. The van der Waals surface area contributed by atoms with Crippen molar-refractivity contribution in [2.75, 3.05) is 26.9 Å². The van der Waals surface area contributed by atoms with Crippen LogP contribution >= 0.6 is 0 Å². The lowest BCUT2D eigenvalue weighted by Crippen LogP contribution is -2.54. The fourth-order valence-electron chi connectivity index (χ4n) is 2.42. The lowest BCUT2D eigenvalue weighted by Gasteiger charge is -2.39. The van der Waals surface area contributed by atoms with E-state index in [2.05, 4.69) is 17.1 Å². The van der Waals surface area contributed by atoms with Crippen LogP contribution < -0.4 is 0 Å². The van der Waals surface area contributed by atoms with Gasteiger partial charge in [0, 0.05) is 12.6 Å². The number of carbonyl (C=O) groups is 1. The van der Waals surface area contributed by atoms with Crippen molar-refractivity contribution in [2.45, 2.75) is 31.3 Å². The number of morpholine rings is 1. The van der Waals surface area contributed by atoms with Crippen molar-refractivity contribution in [1.29, 1.82) is 0 Å². The summed E-state index contributed by atoms with van der Waals surface area (Å²) in [7, 11) is 1.44. The number of ether oxygens (including phenoxy) is 2. The fourth-order valence-corrected chi connectivity index (χ4v) is 2.42. The van der Waals surface area contributed by atoms with Crippen LogP contribution in [0.1, 0.15) is 19.3 Å². The minimum absolute atomic E-state index is 0.182. The molecule has 1 aliphatic heterocycles. The first-order valence-electron chi connectivity index (χ1n) is 5.91. The molecular weight excluding hydrogens is 206 g/mol. The topological polar surface area (TPSA) is 38.8 Å². The van der Waals surface area contributed by atoms with Crippen molar-refractivity contribution in [1.82, 2.24) is 4.90 Å². The zero-order chi connectivity index (χ0) is 11.4. The third kappa shape index (κ3) is 2.44. The molecule has 1 fully saturated rings. The Labute approximate surface area is 96.2 Å². The van der Waals surface area contributed by atoms with Crippen molar-refractivity contribution >= 4 is 5.97 Å². The zero-order valence-electron chi connectivity index (χ0n) is 9.72. The van der Waals surface area contributed by atoms with Gasteiger partial charge in [-0.05, 0) is 19.3 Å². The zero-order valence-corrected chi connectivity index (χ0v) is 9.72. The highest BCUT2D eigenvalue weighted by molar-refractivity contribution is 5.76. The van der Waals surface area contributed by atoms with Gasteiger partial charge in [-0.15, -0.1) is 0 Å².